The number of aryl methyl sites for hydroxylation is 1. The maximum Gasteiger partial charge on any atom is 0.337 e. The lowest BCUT2D eigenvalue weighted by Crippen LogP contribution is -2.34. The lowest BCUT2D eigenvalue weighted by Gasteiger charge is -2.39. The Morgan fingerprint density at radius 2 is 1.61 bits per heavy atom. The molecule has 0 saturated carbocycles. The van der Waals surface area contributed by atoms with Crippen molar-refractivity contribution in [3.8, 4) is 0 Å². The van der Waals surface area contributed by atoms with Crippen LogP contribution >= 0.6 is 0 Å². The van der Waals surface area contributed by atoms with Crippen molar-refractivity contribution in [2.45, 2.75) is 32.1 Å². The van der Waals surface area contributed by atoms with E-state index in [0.717, 1.165) is 12.8 Å². The van der Waals surface area contributed by atoms with Crippen LogP contribution in [0, 0.1) is 5.92 Å². The highest BCUT2D eigenvalue weighted by atomic mass is 16.5. The number of rotatable bonds is 7. The van der Waals surface area contributed by atoms with Gasteiger partial charge in [-0.05, 0) is 53.6 Å². The normalized spacial score (nSPS) is 13.3. The van der Waals surface area contributed by atoms with Crippen molar-refractivity contribution >= 4 is 16.9 Å². The molecule has 0 aliphatic carbocycles. The summed E-state index contributed by atoms with van der Waals surface area (Å²) in [6.45, 7) is 4.63. The van der Waals surface area contributed by atoms with E-state index >= 15 is 0 Å². The molecule has 4 rings (SSSR count). The molecule has 31 heavy (non-hydrogen) atoms. The first-order valence-corrected chi connectivity index (χ1v) is 10.9. The number of carbonyl (C=O) groups excluding carboxylic acids is 1. The van der Waals surface area contributed by atoms with Crippen LogP contribution in [-0.4, -0.2) is 18.1 Å². The molecule has 0 aliphatic heterocycles. The molecule has 3 aromatic carbocycles. The van der Waals surface area contributed by atoms with E-state index < -0.39 is 0 Å². The van der Waals surface area contributed by atoms with Crippen molar-refractivity contribution in [2.75, 3.05) is 7.11 Å². The molecule has 0 saturated heterocycles. The summed E-state index contributed by atoms with van der Waals surface area (Å²) in [5.74, 6) is 0.0922. The molecular weight excluding hydrogens is 382 g/mol. The fraction of sp³-hybridized carbons (Fsp3) is 0.250. The molecule has 158 valence electrons. The van der Waals surface area contributed by atoms with Crippen LogP contribution in [-0.2, 0) is 16.6 Å². The summed E-state index contributed by atoms with van der Waals surface area (Å²) < 4.78 is 4.83. The number of nitrogens with one attached hydrogen (secondary N) is 1. The topological polar surface area (TPSA) is 42.1 Å². The van der Waals surface area contributed by atoms with Crippen molar-refractivity contribution in [1.29, 1.82) is 0 Å². The molecule has 3 heteroatoms. The average Bonchev–Trinajstić information content (AvgIpc) is 3.24. The number of carbonyl (C=O) groups is 1. The molecule has 4 aromatic rings. The predicted octanol–water partition coefficient (Wildman–Crippen LogP) is 6.53. The number of methoxy groups -OCH3 is 1. The van der Waals surface area contributed by atoms with E-state index in [1.165, 1.54) is 34.7 Å². The number of hydrogen-bond acceptors (Lipinski definition) is 2. The van der Waals surface area contributed by atoms with Crippen LogP contribution in [0.5, 0.6) is 0 Å². The summed E-state index contributed by atoms with van der Waals surface area (Å²) in [6.07, 6.45) is 4.07. The lowest BCUT2D eigenvalue weighted by molar-refractivity contribution is 0.0600. The predicted molar refractivity (Wildman–Crippen MR) is 126 cm³/mol. The van der Waals surface area contributed by atoms with Gasteiger partial charge in [-0.1, -0.05) is 74.5 Å². The van der Waals surface area contributed by atoms with Gasteiger partial charge in [-0.25, -0.2) is 4.79 Å². The van der Waals surface area contributed by atoms with Crippen LogP contribution in [0.3, 0.4) is 0 Å². The van der Waals surface area contributed by atoms with Gasteiger partial charge in [0.15, 0.2) is 0 Å². The van der Waals surface area contributed by atoms with Gasteiger partial charge in [0.25, 0.3) is 0 Å². The van der Waals surface area contributed by atoms with Crippen LogP contribution in [0.1, 0.15) is 47.3 Å². The number of fused-ring (bicyclic) bond motifs is 1. The maximum absolute atomic E-state index is 11.8. The van der Waals surface area contributed by atoms with E-state index in [1.807, 2.05) is 24.3 Å². The Morgan fingerprint density at radius 3 is 2.29 bits per heavy atom. The van der Waals surface area contributed by atoms with E-state index in [9.17, 15) is 4.79 Å². The third-order valence-corrected chi connectivity index (χ3v) is 6.53. The van der Waals surface area contributed by atoms with Crippen LogP contribution in [0.2, 0.25) is 0 Å². The number of ether oxygens (including phenoxy) is 1. The van der Waals surface area contributed by atoms with E-state index in [2.05, 4.69) is 79.6 Å². The highest BCUT2D eigenvalue weighted by Crippen LogP contribution is 2.45. The number of para-hydroxylation sites is 1. The molecule has 0 fully saturated rings. The second kappa shape index (κ2) is 8.81. The number of aromatic nitrogens is 1. The van der Waals surface area contributed by atoms with E-state index in [-0.39, 0.29) is 11.4 Å². The van der Waals surface area contributed by atoms with Gasteiger partial charge < -0.3 is 9.72 Å². The minimum Gasteiger partial charge on any atom is -0.465 e. The van der Waals surface area contributed by atoms with Gasteiger partial charge >= 0.3 is 5.97 Å². The molecule has 0 spiro atoms. The second-order valence-corrected chi connectivity index (χ2v) is 8.43. The average molecular weight is 412 g/mol. The number of benzene rings is 3. The summed E-state index contributed by atoms with van der Waals surface area (Å²) in [7, 11) is 1.41. The number of aromatic amines is 1. The monoisotopic (exact) mass is 411 g/mol. The first-order chi connectivity index (χ1) is 15.1. The smallest absolute Gasteiger partial charge is 0.337 e. The SMILES string of the molecule is COC(=O)c1ccc(CC[C@@](c2ccccc2)(c2c[nH]c3ccccc23)C(C)C)cc1. The second-order valence-electron chi connectivity index (χ2n) is 8.43. The zero-order valence-electron chi connectivity index (χ0n) is 18.4. The first kappa shape index (κ1) is 20.9. The molecule has 1 atom stereocenters. The molecule has 1 aromatic heterocycles. The van der Waals surface area contributed by atoms with Crippen molar-refractivity contribution < 1.29 is 9.53 Å². The van der Waals surface area contributed by atoms with Crippen LogP contribution in [0.25, 0.3) is 10.9 Å². The highest BCUT2D eigenvalue weighted by molar-refractivity contribution is 5.89. The van der Waals surface area contributed by atoms with Crippen LogP contribution < -0.4 is 0 Å². The lowest BCUT2D eigenvalue weighted by atomic mass is 9.64. The zero-order chi connectivity index (χ0) is 21.8. The van der Waals surface area contributed by atoms with Gasteiger partial charge in [0.1, 0.15) is 0 Å². The first-order valence-electron chi connectivity index (χ1n) is 10.9. The summed E-state index contributed by atoms with van der Waals surface area (Å²) in [4.78, 5) is 15.3. The van der Waals surface area contributed by atoms with Crippen molar-refractivity contribution in [2.24, 2.45) is 5.92 Å². The van der Waals surface area contributed by atoms with Crippen molar-refractivity contribution in [3.05, 3.63) is 107 Å². The maximum atomic E-state index is 11.8. The van der Waals surface area contributed by atoms with Gasteiger partial charge in [0.2, 0.25) is 0 Å². The molecule has 3 nitrogen and oxygen atoms in total. The largest absolute Gasteiger partial charge is 0.465 e. The molecule has 1 N–H and O–H groups in total. The molecule has 0 radical (unpaired) electrons. The molecule has 0 amide bonds. The van der Waals surface area contributed by atoms with Crippen LogP contribution in [0.4, 0.5) is 0 Å². The standard InChI is InChI=1S/C28H29NO2/c1-20(2)28(23-9-5-4-6-10-23,25-19-29-26-12-8-7-11-24(25)26)18-17-21-13-15-22(16-14-21)27(30)31-3/h4-16,19-20,29H,17-18H2,1-3H3/t28-/m1/s1. The molecule has 0 aliphatic rings. The Balaban J connectivity index is 1.77. The van der Waals surface area contributed by atoms with Crippen molar-refractivity contribution in [3.63, 3.8) is 0 Å². The van der Waals surface area contributed by atoms with Gasteiger partial charge in [0.05, 0.1) is 12.7 Å². The minimum atomic E-state index is -0.300. The summed E-state index contributed by atoms with van der Waals surface area (Å²) in [5.41, 5.74) is 5.51. The Kier molecular flexibility index (Phi) is 5.94. The van der Waals surface area contributed by atoms with Gasteiger partial charge in [-0.3, -0.25) is 0 Å². The summed E-state index contributed by atoms with van der Waals surface area (Å²) >= 11 is 0. The molecule has 0 bridgehead atoms. The van der Waals surface area contributed by atoms with E-state index in [0.29, 0.717) is 11.5 Å². The Labute approximate surface area is 184 Å². The highest BCUT2D eigenvalue weighted by Gasteiger charge is 2.39. The summed E-state index contributed by atoms with van der Waals surface area (Å²) in [6, 6.07) is 27.2. The number of H-pyrrole nitrogens is 1. The number of esters is 1. The van der Waals surface area contributed by atoms with Crippen LogP contribution in [0.15, 0.2) is 85.1 Å². The van der Waals surface area contributed by atoms with E-state index in [4.69, 9.17) is 4.74 Å². The van der Waals surface area contributed by atoms with Gasteiger partial charge in [-0.15, -0.1) is 0 Å². The molecular formula is C28H29NO2. The molecule has 0 unspecified atom stereocenters. The van der Waals surface area contributed by atoms with Gasteiger partial charge in [-0.2, -0.15) is 0 Å². The summed E-state index contributed by atoms with van der Waals surface area (Å²) in [5, 5.41) is 1.28. The quantitative estimate of drug-likeness (QED) is 0.351. The fourth-order valence-corrected chi connectivity index (χ4v) is 4.81. The Morgan fingerprint density at radius 1 is 0.935 bits per heavy atom. The minimum absolute atomic E-state index is 0.137. The molecule has 1 heterocycles. The van der Waals surface area contributed by atoms with Crippen molar-refractivity contribution in [1.82, 2.24) is 4.98 Å². The van der Waals surface area contributed by atoms with Gasteiger partial charge in [0, 0.05) is 22.5 Å². The fourth-order valence-electron chi connectivity index (χ4n) is 4.81. The Bertz CT molecular complexity index is 1160. The third kappa shape index (κ3) is 3.88. The Hall–Kier alpha value is -3.33. The zero-order valence-corrected chi connectivity index (χ0v) is 18.4. The number of hydrogen-bond donors (Lipinski definition) is 1. The third-order valence-electron chi connectivity index (χ3n) is 6.53. The van der Waals surface area contributed by atoms with E-state index in [1.54, 1.807) is 0 Å².